The van der Waals surface area contributed by atoms with Crippen LogP contribution < -0.4 is 11.1 Å². The molecule has 15 heteroatoms. The van der Waals surface area contributed by atoms with Crippen LogP contribution in [-0.2, 0) is 0 Å². The highest BCUT2D eigenvalue weighted by Crippen LogP contribution is 2.27. The maximum atomic E-state index is 13.3. The second-order valence-corrected chi connectivity index (χ2v) is 11.3. The summed E-state index contributed by atoms with van der Waals surface area (Å²) in [5, 5.41) is 32.0. The third kappa shape index (κ3) is 10.1. The molecule has 0 fully saturated rings. The van der Waals surface area contributed by atoms with Gasteiger partial charge >= 0.3 is 17.3 Å². The molecule has 1 amide bonds. The van der Waals surface area contributed by atoms with Crippen LogP contribution in [0, 0.1) is 59.6 Å². The van der Waals surface area contributed by atoms with Crippen molar-refractivity contribution in [3.8, 4) is 0 Å². The Morgan fingerprint density at radius 3 is 1.51 bits per heavy atom. The number of carbonyl (C=O) groups excluding carboxylic acids is 1. The minimum absolute atomic E-state index is 0.0230. The highest BCUT2D eigenvalue weighted by atomic mass is 79.9. The normalized spacial score (nSPS) is 10.0. The third-order valence-electron chi connectivity index (χ3n) is 6.09. The van der Waals surface area contributed by atoms with E-state index in [4.69, 9.17) is 10.8 Å². The Morgan fingerprint density at radius 2 is 1.11 bits per heavy atom. The molecule has 0 aliphatic heterocycles. The average Bonchev–Trinajstić information content (AvgIpc) is 2.94. The molecule has 0 spiro atoms. The van der Waals surface area contributed by atoms with Gasteiger partial charge in [-0.25, -0.2) is 4.79 Å². The Labute approximate surface area is 272 Å². The Balaban J connectivity index is 0.000000259. The van der Waals surface area contributed by atoms with E-state index in [9.17, 15) is 38.6 Å². The van der Waals surface area contributed by atoms with Gasteiger partial charge in [0.25, 0.3) is 5.91 Å². The number of benzene rings is 4. The lowest BCUT2D eigenvalue weighted by Crippen LogP contribution is -2.14. The first-order chi connectivity index (χ1) is 20.9. The van der Waals surface area contributed by atoms with Crippen LogP contribution in [0.5, 0.6) is 0 Å². The number of nitrogens with two attached hydrogens (primary N) is 1. The van der Waals surface area contributed by atoms with Crippen molar-refractivity contribution in [2.45, 2.75) is 27.7 Å². The fourth-order valence-electron chi connectivity index (χ4n) is 3.79. The number of rotatable bonds is 5. The molecule has 0 aliphatic carbocycles. The molecule has 4 aromatic carbocycles. The van der Waals surface area contributed by atoms with E-state index in [-0.39, 0.29) is 11.1 Å². The summed E-state index contributed by atoms with van der Waals surface area (Å²) in [6.07, 6.45) is 0. The molecule has 0 unspecified atom stereocenters. The van der Waals surface area contributed by atoms with Crippen LogP contribution in [0.15, 0.2) is 69.6 Å². The van der Waals surface area contributed by atoms with Crippen LogP contribution in [-0.4, -0.2) is 26.8 Å². The van der Waals surface area contributed by atoms with Crippen molar-refractivity contribution in [3.63, 3.8) is 0 Å². The number of aromatic carboxylic acids is 1. The molecule has 0 aromatic heterocycles. The topological polar surface area (TPSA) is 179 Å². The van der Waals surface area contributed by atoms with Crippen molar-refractivity contribution in [3.05, 3.63) is 135 Å². The van der Waals surface area contributed by atoms with Gasteiger partial charge in [-0.15, -0.1) is 0 Å². The Bertz CT molecular complexity index is 1760. The van der Waals surface area contributed by atoms with Gasteiger partial charge < -0.3 is 16.2 Å². The van der Waals surface area contributed by atoms with Gasteiger partial charge in [-0.2, -0.15) is 8.78 Å². The van der Waals surface area contributed by atoms with Crippen molar-refractivity contribution >= 4 is 66.5 Å². The lowest BCUT2D eigenvalue weighted by Gasteiger charge is -2.12. The monoisotopic (exact) mass is 750 g/mol. The fraction of sp³-hybridized carbons (Fsp3) is 0.133. The minimum Gasteiger partial charge on any atom is -0.478 e. The Morgan fingerprint density at radius 1 is 0.733 bits per heavy atom. The highest BCUT2D eigenvalue weighted by Gasteiger charge is 2.19. The van der Waals surface area contributed by atoms with E-state index in [0.29, 0.717) is 11.8 Å². The summed E-state index contributed by atoms with van der Waals surface area (Å²) in [5.41, 5.74) is 9.35. The second kappa shape index (κ2) is 15.8. The number of nitro benzene ring substituents is 2. The number of nitrogens with one attached hydrogen (secondary N) is 1. The molecule has 4 N–H and O–H groups in total. The number of carboxylic acids is 1. The zero-order valence-corrected chi connectivity index (χ0v) is 27.3. The van der Waals surface area contributed by atoms with Gasteiger partial charge in [0.15, 0.2) is 0 Å². The molecule has 0 heterocycles. The van der Waals surface area contributed by atoms with Crippen molar-refractivity contribution in [2.75, 3.05) is 11.1 Å². The van der Waals surface area contributed by atoms with E-state index in [1.807, 2.05) is 52.0 Å². The predicted molar refractivity (Wildman–Crippen MR) is 173 cm³/mol. The van der Waals surface area contributed by atoms with Crippen LogP contribution in [0.25, 0.3) is 0 Å². The van der Waals surface area contributed by atoms with Crippen molar-refractivity contribution in [2.24, 2.45) is 0 Å². The number of carbonyl (C=O) groups is 2. The summed E-state index contributed by atoms with van der Waals surface area (Å²) in [4.78, 5) is 41.6. The predicted octanol–water partition coefficient (Wildman–Crippen LogP) is 8.45. The number of halogens is 4. The van der Waals surface area contributed by atoms with Gasteiger partial charge in [0.1, 0.15) is 0 Å². The van der Waals surface area contributed by atoms with Crippen LogP contribution in [0.2, 0.25) is 0 Å². The van der Waals surface area contributed by atoms with E-state index >= 15 is 0 Å². The van der Waals surface area contributed by atoms with Gasteiger partial charge in [-0.1, -0.05) is 31.9 Å². The summed E-state index contributed by atoms with van der Waals surface area (Å²) >= 11 is 6.75. The number of carboxylic acid groups (broad SMARTS) is 1. The van der Waals surface area contributed by atoms with Gasteiger partial charge in [0.2, 0.25) is 11.6 Å². The number of nitro groups is 2. The van der Waals surface area contributed by atoms with Gasteiger partial charge in [-0.05, 0) is 98.5 Å². The number of aryl methyl sites for hydroxylation is 4. The molecule has 0 saturated carbocycles. The Hall–Kier alpha value is -4.76. The van der Waals surface area contributed by atoms with Gasteiger partial charge in [0.05, 0.1) is 15.4 Å². The van der Waals surface area contributed by atoms with Crippen LogP contribution >= 0.6 is 31.9 Å². The van der Waals surface area contributed by atoms with Crippen molar-refractivity contribution in [1.82, 2.24) is 0 Å². The van der Waals surface area contributed by atoms with E-state index in [1.165, 1.54) is 6.07 Å². The largest absolute Gasteiger partial charge is 0.478 e. The van der Waals surface area contributed by atoms with Crippen LogP contribution in [0.1, 0.15) is 43.0 Å². The molecule has 45 heavy (non-hydrogen) atoms. The lowest BCUT2D eigenvalue weighted by atomic mass is 10.1. The first-order valence-corrected chi connectivity index (χ1v) is 14.2. The quantitative estimate of drug-likeness (QED) is 0.103. The number of nitrogen functional groups attached to an aromatic ring is 1. The van der Waals surface area contributed by atoms with E-state index in [0.717, 1.165) is 61.2 Å². The second-order valence-electron chi connectivity index (χ2n) is 9.47. The molecule has 0 bridgehead atoms. The molecule has 0 saturated heterocycles. The molecule has 0 aliphatic rings. The van der Waals surface area contributed by atoms with E-state index in [2.05, 4.69) is 37.2 Å². The average molecular weight is 752 g/mol. The SMILES string of the molecule is Cc1cc(Br)cc(C)c1N.Cc1cc(Br)cc(C)c1NC(=O)c1ccc(F)c([N+](=O)[O-])c1.O=C(O)c1ccc(F)c([N+](=O)[O-])c1. The summed E-state index contributed by atoms with van der Waals surface area (Å²) in [5.74, 6) is -3.88. The van der Waals surface area contributed by atoms with E-state index in [1.54, 1.807) is 0 Å². The molecule has 0 atom stereocenters. The molecule has 236 valence electrons. The van der Waals surface area contributed by atoms with Crippen LogP contribution in [0.3, 0.4) is 0 Å². The zero-order chi connectivity index (χ0) is 34.2. The number of anilines is 2. The molecule has 4 rings (SSSR count). The number of hydrogen-bond acceptors (Lipinski definition) is 7. The number of amides is 1. The molecular weight excluding hydrogens is 726 g/mol. The number of hydrogen-bond donors (Lipinski definition) is 3. The van der Waals surface area contributed by atoms with E-state index < -0.39 is 44.7 Å². The standard InChI is InChI=1S/C15H12BrFN2O3.C8H10BrN.C7H4FNO4/c1-8-5-11(16)6-9(2)14(8)18-15(20)10-3-4-12(17)13(7-10)19(21)22;1-5-3-7(9)4-6(2)8(5)10;8-5-2-1-4(7(10)11)3-6(5)9(12)13/h3-7H,1-2H3,(H,18,20);3-4H,10H2,1-2H3;1-3H,(H,10,11). The third-order valence-corrected chi connectivity index (χ3v) is 7.00. The van der Waals surface area contributed by atoms with Crippen LogP contribution in [0.4, 0.5) is 31.5 Å². The molecule has 11 nitrogen and oxygen atoms in total. The zero-order valence-electron chi connectivity index (χ0n) is 24.2. The fourth-order valence-corrected chi connectivity index (χ4v) is 5.17. The first-order valence-electron chi connectivity index (χ1n) is 12.6. The smallest absolute Gasteiger partial charge is 0.335 e. The maximum absolute atomic E-state index is 13.3. The minimum atomic E-state index is -1.33. The van der Waals surface area contributed by atoms with Crippen molar-refractivity contribution in [1.29, 1.82) is 0 Å². The highest BCUT2D eigenvalue weighted by molar-refractivity contribution is 9.10. The maximum Gasteiger partial charge on any atom is 0.335 e. The van der Waals surface area contributed by atoms with Crippen molar-refractivity contribution < 1.29 is 33.3 Å². The molecular formula is C30H26Br2F2N4O7. The summed E-state index contributed by atoms with van der Waals surface area (Å²) < 4.78 is 27.9. The summed E-state index contributed by atoms with van der Waals surface area (Å²) in [6.45, 7) is 7.68. The number of nitrogens with zero attached hydrogens (tertiary/aromatic N) is 2. The molecule has 4 aromatic rings. The lowest BCUT2D eigenvalue weighted by molar-refractivity contribution is -0.387. The van der Waals surface area contributed by atoms with Gasteiger partial charge in [-0.3, -0.25) is 25.0 Å². The summed E-state index contributed by atoms with van der Waals surface area (Å²) in [6, 6.07) is 13.2. The summed E-state index contributed by atoms with van der Waals surface area (Å²) in [7, 11) is 0. The van der Waals surface area contributed by atoms with Gasteiger partial charge in [0, 0.05) is 38.0 Å². The Kier molecular flexibility index (Phi) is 12.8. The first kappa shape index (κ1) is 36.4. The molecule has 0 radical (unpaired) electrons.